The molecular weight excluding hydrogens is 296 g/mol. The SMILES string of the molecule is CCCC[NH+](C)Cc1ccc(-c2nc(CC(=O)[O-])cs2)cc1. The predicted molar refractivity (Wildman–Crippen MR) is 86.6 cm³/mol. The van der Waals surface area contributed by atoms with Crippen LogP contribution in [0.15, 0.2) is 29.6 Å². The lowest BCUT2D eigenvalue weighted by molar-refractivity contribution is -0.894. The number of carbonyl (C=O) groups excluding carboxylic acids is 1. The van der Waals surface area contributed by atoms with Crippen molar-refractivity contribution in [3.05, 3.63) is 40.9 Å². The Bertz CT molecular complexity index is 607. The molecule has 0 bridgehead atoms. The van der Waals surface area contributed by atoms with Crippen molar-refractivity contribution < 1.29 is 14.8 Å². The number of aromatic nitrogens is 1. The van der Waals surface area contributed by atoms with Crippen molar-refractivity contribution in [1.29, 1.82) is 0 Å². The Labute approximate surface area is 135 Å². The lowest BCUT2D eigenvalue weighted by Crippen LogP contribution is -3.07. The summed E-state index contributed by atoms with van der Waals surface area (Å²) < 4.78 is 0. The molecule has 0 radical (unpaired) electrons. The average molecular weight is 318 g/mol. The fourth-order valence-electron chi connectivity index (χ4n) is 2.35. The van der Waals surface area contributed by atoms with Crippen LogP contribution in [0.4, 0.5) is 0 Å². The Morgan fingerprint density at radius 3 is 2.68 bits per heavy atom. The fraction of sp³-hybridized carbons (Fsp3) is 0.412. The summed E-state index contributed by atoms with van der Waals surface area (Å²) >= 11 is 1.47. The number of carbonyl (C=O) groups is 1. The molecule has 1 heterocycles. The Morgan fingerprint density at radius 2 is 2.05 bits per heavy atom. The van der Waals surface area contributed by atoms with Gasteiger partial charge in [0.1, 0.15) is 11.6 Å². The molecule has 0 spiro atoms. The molecular formula is C17H22N2O2S. The van der Waals surface area contributed by atoms with Gasteiger partial charge in [-0.05, 0) is 6.42 Å². The van der Waals surface area contributed by atoms with E-state index in [0.717, 1.165) is 17.1 Å². The van der Waals surface area contributed by atoms with Crippen LogP contribution in [0.3, 0.4) is 0 Å². The highest BCUT2D eigenvalue weighted by Gasteiger charge is 2.07. The van der Waals surface area contributed by atoms with Gasteiger partial charge in [0.05, 0.1) is 19.3 Å². The van der Waals surface area contributed by atoms with Gasteiger partial charge in [0.15, 0.2) is 0 Å². The maximum atomic E-state index is 10.6. The second-order valence-corrected chi connectivity index (χ2v) is 6.49. The normalized spacial score (nSPS) is 12.3. The molecule has 2 rings (SSSR count). The largest absolute Gasteiger partial charge is 0.550 e. The molecule has 0 saturated heterocycles. The highest BCUT2D eigenvalue weighted by Crippen LogP contribution is 2.24. The van der Waals surface area contributed by atoms with Crippen molar-refractivity contribution in [2.24, 2.45) is 0 Å². The molecule has 0 amide bonds. The first-order valence-electron chi connectivity index (χ1n) is 7.63. The van der Waals surface area contributed by atoms with E-state index in [-0.39, 0.29) is 6.42 Å². The fourth-order valence-corrected chi connectivity index (χ4v) is 3.18. The Morgan fingerprint density at radius 1 is 1.32 bits per heavy atom. The number of nitrogens with zero attached hydrogens (tertiary/aromatic N) is 1. The lowest BCUT2D eigenvalue weighted by Gasteiger charge is -2.13. The third-order valence-electron chi connectivity index (χ3n) is 3.54. The van der Waals surface area contributed by atoms with E-state index in [4.69, 9.17) is 0 Å². The van der Waals surface area contributed by atoms with Crippen LogP contribution in [-0.2, 0) is 17.8 Å². The van der Waals surface area contributed by atoms with Gasteiger partial charge in [0.2, 0.25) is 0 Å². The first kappa shape index (κ1) is 16.6. The summed E-state index contributed by atoms with van der Waals surface area (Å²) in [5, 5.41) is 13.2. The van der Waals surface area contributed by atoms with Crippen molar-refractivity contribution in [1.82, 2.24) is 4.98 Å². The van der Waals surface area contributed by atoms with E-state index in [2.05, 4.69) is 43.2 Å². The number of nitrogens with one attached hydrogen (secondary N) is 1. The van der Waals surface area contributed by atoms with Crippen LogP contribution in [-0.4, -0.2) is 24.5 Å². The topological polar surface area (TPSA) is 57.5 Å². The number of unbranched alkanes of at least 4 members (excludes halogenated alkanes) is 1. The van der Waals surface area contributed by atoms with E-state index < -0.39 is 5.97 Å². The molecule has 2 aromatic rings. The van der Waals surface area contributed by atoms with Crippen molar-refractivity contribution in [3.63, 3.8) is 0 Å². The number of carboxylic acid groups (broad SMARTS) is 1. The first-order chi connectivity index (χ1) is 10.6. The first-order valence-corrected chi connectivity index (χ1v) is 8.51. The molecule has 4 nitrogen and oxygen atoms in total. The van der Waals surface area contributed by atoms with Gasteiger partial charge < -0.3 is 14.8 Å². The summed E-state index contributed by atoms with van der Waals surface area (Å²) in [6, 6.07) is 8.38. The predicted octanol–water partition coefficient (Wildman–Crippen LogP) is 0.917. The van der Waals surface area contributed by atoms with Crippen LogP contribution in [0, 0.1) is 0 Å². The maximum Gasteiger partial charge on any atom is 0.123 e. The van der Waals surface area contributed by atoms with E-state index in [1.54, 1.807) is 5.38 Å². The molecule has 1 atom stereocenters. The van der Waals surface area contributed by atoms with E-state index >= 15 is 0 Å². The molecule has 0 aliphatic rings. The van der Waals surface area contributed by atoms with Gasteiger partial charge in [-0.2, -0.15) is 0 Å². The minimum Gasteiger partial charge on any atom is -0.550 e. The summed E-state index contributed by atoms with van der Waals surface area (Å²) in [7, 11) is 2.22. The summed E-state index contributed by atoms with van der Waals surface area (Å²) in [5.41, 5.74) is 2.90. The molecule has 0 fully saturated rings. The van der Waals surface area contributed by atoms with Gasteiger partial charge >= 0.3 is 0 Å². The second-order valence-electron chi connectivity index (χ2n) is 5.63. The van der Waals surface area contributed by atoms with Crippen LogP contribution in [0.5, 0.6) is 0 Å². The molecule has 1 aromatic heterocycles. The van der Waals surface area contributed by atoms with E-state index in [1.165, 1.54) is 41.2 Å². The number of hydrogen-bond donors (Lipinski definition) is 1. The van der Waals surface area contributed by atoms with Crippen molar-refractivity contribution in [2.45, 2.75) is 32.7 Å². The smallest absolute Gasteiger partial charge is 0.123 e. The zero-order valence-corrected chi connectivity index (χ0v) is 13.9. The van der Waals surface area contributed by atoms with Crippen LogP contribution in [0.1, 0.15) is 31.0 Å². The van der Waals surface area contributed by atoms with Crippen LogP contribution < -0.4 is 10.0 Å². The average Bonchev–Trinajstić information content (AvgIpc) is 2.93. The molecule has 0 saturated carbocycles. The molecule has 118 valence electrons. The molecule has 1 N–H and O–H groups in total. The van der Waals surface area contributed by atoms with E-state index in [1.807, 2.05) is 0 Å². The van der Waals surface area contributed by atoms with E-state index in [9.17, 15) is 9.90 Å². The third kappa shape index (κ3) is 4.93. The van der Waals surface area contributed by atoms with Crippen molar-refractivity contribution in [3.8, 4) is 10.6 Å². The zero-order chi connectivity index (χ0) is 15.9. The molecule has 22 heavy (non-hydrogen) atoms. The highest BCUT2D eigenvalue weighted by molar-refractivity contribution is 7.13. The third-order valence-corrected chi connectivity index (χ3v) is 4.48. The molecule has 1 unspecified atom stereocenters. The number of quaternary nitrogens is 1. The number of hydrogen-bond acceptors (Lipinski definition) is 4. The summed E-state index contributed by atoms with van der Waals surface area (Å²) in [6.07, 6.45) is 2.36. The molecule has 5 heteroatoms. The van der Waals surface area contributed by atoms with E-state index in [0.29, 0.717) is 5.69 Å². The molecule has 0 aliphatic carbocycles. The Kier molecular flexibility index (Phi) is 6.10. The molecule has 1 aromatic carbocycles. The van der Waals surface area contributed by atoms with Gasteiger partial charge in [-0.25, -0.2) is 4.98 Å². The number of carboxylic acids is 1. The number of thiazole rings is 1. The quantitative estimate of drug-likeness (QED) is 0.787. The number of benzene rings is 1. The standard InChI is InChI=1S/C17H22N2O2S/c1-3-4-9-19(2)11-13-5-7-14(8-6-13)17-18-15(12-22-17)10-16(20)21/h5-8,12H,3-4,9-11H2,1-2H3,(H,20,21). The summed E-state index contributed by atoms with van der Waals surface area (Å²) in [4.78, 5) is 16.4. The summed E-state index contributed by atoms with van der Waals surface area (Å²) in [5.74, 6) is -1.09. The lowest BCUT2D eigenvalue weighted by atomic mass is 10.1. The van der Waals surface area contributed by atoms with Gasteiger partial charge in [-0.3, -0.25) is 0 Å². The van der Waals surface area contributed by atoms with Gasteiger partial charge in [0, 0.05) is 28.9 Å². The van der Waals surface area contributed by atoms with Crippen LogP contribution in [0.2, 0.25) is 0 Å². The maximum absolute atomic E-state index is 10.6. The second kappa shape index (κ2) is 8.06. The minimum atomic E-state index is -1.09. The Balaban J connectivity index is 1.99. The van der Waals surface area contributed by atoms with Gasteiger partial charge in [0.25, 0.3) is 0 Å². The molecule has 0 aliphatic heterocycles. The van der Waals surface area contributed by atoms with Gasteiger partial charge in [-0.1, -0.05) is 37.6 Å². The van der Waals surface area contributed by atoms with Crippen molar-refractivity contribution >= 4 is 17.3 Å². The number of aliphatic carboxylic acids is 1. The Hall–Kier alpha value is -1.72. The van der Waals surface area contributed by atoms with Gasteiger partial charge in [-0.15, -0.1) is 11.3 Å². The van der Waals surface area contributed by atoms with Crippen LogP contribution >= 0.6 is 11.3 Å². The van der Waals surface area contributed by atoms with Crippen molar-refractivity contribution in [2.75, 3.05) is 13.6 Å². The monoisotopic (exact) mass is 318 g/mol. The number of rotatable bonds is 8. The highest BCUT2D eigenvalue weighted by atomic mass is 32.1. The minimum absolute atomic E-state index is 0.125. The zero-order valence-electron chi connectivity index (χ0n) is 13.1. The summed E-state index contributed by atoms with van der Waals surface area (Å²) in [6.45, 7) is 4.43. The van der Waals surface area contributed by atoms with Crippen LogP contribution in [0.25, 0.3) is 10.6 Å².